The molecule has 0 aromatic heterocycles. The molecule has 0 amide bonds. The summed E-state index contributed by atoms with van der Waals surface area (Å²) in [6.07, 6.45) is 11.9. The number of hydrogen-bond acceptors (Lipinski definition) is 2. The molecule has 1 aliphatic rings. The second-order valence-electron chi connectivity index (χ2n) is 3.98. The van der Waals surface area contributed by atoms with Gasteiger partial charge in [-0.15, -0.1) is 6.42 Å². The standard InChI is InChI=1S/C12H20N2/c1-3-7-14(8-4-2)10-11-5-6-12(13)9-11/h1,5-6,11-12H,4,7-10,13H2,2H3. The molecular formula is C12H20N2. The molecule has 1 rings (SSSR count). The van der Waals surface area contributed by atoms with E-state index in [9.17, 15) is 0 Å². The molecule has 0 heterocycles. The third-order valence-electron chi connectivity index (χ3n) is 2.55. The van der Waals surface area contributed by atoms with E-state index in [0.717, 1.165) is 32.5 Å². The Morgan fingerprint density at radius 3 is 2.86 bits per heavy atom. The Morgan fingerprint density at radius 1 is 1.57 bits per heavy atom. The maximum atomic E-state index is 5.80. The molecule has 14 heavy (non-hydrogen) atoms. The first kappa shape index (κ1) is 11.3. The average Bonchev–Trinajstić information content (AvgIpc) is 2.52. The summed E-state index contributed by atoms with van der Waals surface area (Å²) < 4.78 is 0. The predicted octanol–water partition coefficient (Wildman–Crippen LogP) is 1.23. The van der Waals surface area contributed by atoms with Gasteiger partial charge >= 0.3 is 0 Å². The summed E-state index contributed by atoms with van der Waals surface area (Å²) in [5, 5.41) is 0. The first-order valence-corrected chi connectivity index (χ1v) is 5.36. The largest absolute Gasteiger partial charge is 0.324 e. The van der Waals surface area contributed by atoms with E-state index in [2.05, 4.69) is 29.9 Å². The van der Waals surface area contributed by atoms with E-state index in [1.165, 1.54) is 0 Å². The quantitative estimate of drug-likeness (QED) is 0.524. The molecule has 0 radical (unpaired) electrons. The third kappa shape index (κ3) is 3.53. The molecule has 0 saturated carbocycles. The summed E-state index contributed by atoms with van der Waals surface area (Å²) >= 11 is 0. The summed E-state index contributed by atoms with van der Waals surface area (Å²) in [6.45, 7) is 5.08. The van der Waals surface area contributed by atoms with Crippen LogP contribution in [0, 0.1) is 18.3 Å². The minimum atomic E-state index is 0.259. The lowest BCUT2D eigenvalue weighted by molar-refractivity contribution is 0.273. The highest BCUT2D eigenvalue weighted by atomic mass is 15.1. The van der Waals surface area contributed by atoms with E-state index in [1.807, 2.05) is 0 Å². The Morgan fingerprint density at radius 2 is 2.36 bits per heavy atom. The van der Waals surface area contributed by atoms with Gasteiger partial charge in [-0.25, -0.2) is 0 Å². The summed E-state index contributed by atoms with van der Waals surface area (Å²) in [5.41, 5.74) is 5.80. The fourth-order valence-electron chi connectivity index (χ4n) is 1.95. The van der Waals surface area contributed by atoms with Gasteiger partial charge in [0.1, 0.15) is 0 Å². The zero-order chi connectivity index (χ0) is 10.4. The third-order valence-corrected chi connectivity index (χ3v) is 2.55. The van der Waals surface area contributed by atoms with Crippen molar-refractivity contribution >= 4 is 0 Å². The SMILES string of the molecule is C#CCN(CCC)CC1C=CC(N)C1. The highest BCUT2D eigenvalue weighted by molar-refractivity contribution is 5.05. The van der Waals surface area contributed by atoms with Crippen LogP contribution in [0.1, 0.15) is 19.8 Å². The lowest BCUT2D eigenvalue weighted by Crippen LogP contribution is -2.30. The van der Waals surface area contributed by atoms with E-state index in [0.29, 0.717) is 5.92 Å². The topological polar surface area (TPSA) is 29.3 Å². The van der Waals surface area contributed by atoms with Crippen molar-refractivity contribution in [2.24, 2.45) is 11.7 Å². The van der Waals surface area contributed by atoms with Gasteiger partial charge in [-0.3, -0.25) is 4.90 Å². The lowest BCUT2D eigenvalue weighted by Gasteiger charge is -2.22. The molecule has 2 heteroatoms. The minimum Gasteiger partial charge on any atom is -0.324 e. The zero-order valence-electron chi connectivity index (χ0n) is 8.95. The monoisotopic (exact) mass is 192 g/mol. The Labute approximate surface area is 87.2 Å². The van der Waals surface area contributed by atoms with E-state index in [-0.39, 0.29) is 6.04 Å². The van der Waals surface area contributed by atoms with Gasteiger partial charge in [-0.1, -0.05) is 25.0 Å². The molecule has 78 valence electrons. The molecule has 2 nitrogen and oxygen atoms in total. The number of nitrogens with zero attached hydrogens (tertiary/aromatic N) is 1. The highest BCUT2D eigenvalue weighted by Crippen LogP contribution is 2.17. The summed E-state index contributed by atoms with van der Waals surface area (Å²) in [4.78, 5) is 2.33. The van der Waals surface area contributed by atoms with Gasteiger partial charge in [0.15, 0.2) is 0 Å². The Balaban J connectivity index is 2.32. The van der Waals surface area contributed by atoms with E-state index in [1.54, 1.807) is 0 Å². The van der Waals surface area contributed by atoms with Crippen LogP contribution in [0.3, 0.4) is 0 Å². The predicted molar refractivity (Wildman–Crippen MR) is 60.8 cm³/mol. The maximum Gasteiger partial charge on any atom is 0.0599 e. The molecule has 0 fully saturated rings. The zero-order valence-corrected chi connectivity index (χ0v) is 8.95. The van der Waals surface area contributed by atoms with Gasteiger partial charge in [0, 0.05) is 12.6 Å². The van der Waals surface area contributed by atoms with Crippen LogP contribution < -0.4 is 5.73 Å². The minimum absolute atomic E-state index is 0.259. The van der Waals surface area contributed by atoms with Crippen LogP contribution in [0.2, 0.25) is 0 Å². The van der Waals surface area contributed by atoms with Crippen molar-refractivity contribution in [3.63, 3.8) is 0 Å². The highest BCUT2D eigenvalue weighted by Gasteiger charge is 2.17. The normalized spacial score (nSPS) is 25.6. The van der Waals surface area contributed by atoms with Crippen molar-refractivity contribution in [3.05, 3.63) is 12.2 Å². The van der Waals surface area contributed by atoms with Crippen LogP contribution in [0.25, 0.3) is 0 Å². The Hall–Kier alpha value is -0.780. The molecule has 0 aromatic carbocycles. The smallest absolute Gasteiger partial charge is 0.0599 e. The molecule has 0 aliphatic heterocycles. The van der Waals surface area contributed by atoms with Crippen molar-refractivity contribution < 1.29 is 0 Å². The van der Waals surface area contributed by atoms with Crippen molar-refractivity contribution in [2.75, 3.05) is 19.6 Å². The number of rotatable bonds is 5. The van der Waals surface area contributed by atoms with Crippen LogP contribution in [-0.4, -0.2) is 30.6 Å². The molecule has 0 aromatic rings. The molecule has 1 aliphatic carbocycles. The van der Waals surface area contributed by atoms with E-state index >= 15 is 0 Å². The Kier molecular flexibility index (Phi) is 4.72. The molecule has 0 saturated heterocycles. The van der Waals surface area contributed by atoms with Crippen LogP contribution in [0.5, 0.6) is 0 Å². The summed E-state index contributed by atoms with van der Waals surface area (Å²) in [7, 11) is 0. The van der Waals surface area contributed by atoms with Crippen molar-refractivity contribution in [1.82, 2.24) is 4.90 Å². The van der Waals surface area contributed by atoms with Crippen molar-refractivity contribution in [3.8, 4) is 12.3 Å². The summed E-state index contributed by atoms with van der Waals surface area (Å²) in [5.74, 6) is 3.31. The first-order valence-electron chi connectivity index (χ1n) is 5.36. The summed E-state index contributed by atoms with van der Waals surface area (Å²) in [6, 6.07) is 0.259. The average molecular weight is 192 g/mol. The van der Waals surface area contributed by atoms with Gasteiger partial charge in [0.2, 0.25) is 0 Å². The second kappa shape index (κ2) is 5.85. The molecule has 0 spiro atoms. The fraction of sp³-hybridized carbons (Fsp3) is 0.667. The van der Waals surface area contributed by atoms with E-state index < -0.39 is 0 Å². The lowest BCUT2D eigenvalue weighted by atomic mass is 10.1. The first-order chi connectivity index (χ1) is 6.76. The maximum absolute atomic E-state index is 5.80. The molecule has 0 bridgehead atoms. The van der Waals surface area contributed by atoms with Crippen LogP contribution in [-0.2, 0) is 0 Å². The fourth-order valence-corrected chi connectivity index (χ4v) is 1.95. The molecule has 2 N–H and O–H groups in total. The van der Waals surface area contributed by atoms with E-state index in [4.69, 9.17) is 12.2 Å². The van der Waals surface area contributed by atoms with Gasteiger partial charge in [0.25, 0.3) is 0 Å². The number of nitrogens with two attached hydrogens (primary N) is 1. The molecular weight excluding hydrogens is 172 g/mol. The van der Waals surface area contributed by atoms with Crippen LogP contribution >= 0.6 is 0 Å². The van der Waals surface area contributed by atoms with Crippen molar-refractivity contribution in [2.45, 2.75) is 25.8 Å². The molecule has 2 atom stereocenters. The Bertz CT molecular complexity index is 227. The van der Waals surface area contributed by atoms with Gasteiger partial charge in [0.05, 0.1) is 6.54 Å². The van der Waals surface area contributed by atoms with Crippen LogP contribution in [0.15, 0.2) is 12.2 Å². The van der Waals surface area contributed by atoms with Crippen LogP contribution in [0.4, 0.5) is 0 Å². The van der Waals surface area contributed by atoms with Gasteiger partial charge in [-0.2, -0.15) is 0 Å². The second-order valence-corrected chi connectivity index (χ2v) is 3.98. The number of terminal acetylenes is 1. The van der Waals surface area contributed by atoms with Gasteiger partial charge in [-0.05, 0) is 25.3 Å². The number of hydrogen-bond donors (Lipinski definition) is 1. The van der Waals surface area contributed by atoms with Gasteiger partial charge < -0.3 is 5.73 Å². The molecule has 2 unspecified atom stereocenters. The van der Waals surface area contributed by atoms with Crippen molar-refractivity contribution in [1.29, 1.82) is 0 Å².